The number of aryl methyl sites for hydroxylation is 1. The van der Waals surface area contributed by atoms with Crippen LogP contribution in [0.25, 0.3) is 0 Å². The molecule has 2 rings (SSSR count). The maximum Gasteiger partial charge on any atom is 0.307 e. The molecule has 0 unspecified atom stereocenters. The standard InChI is InChI=1S/C20H25NO5S/c1-4-25-17-10-12-18(13-11-17)27(23,24)21-19(14-20(22)26-5-2)16-8-6-15(3)7-9-16/h6-13,19,21H,4-5,14H2,1-3H3/t19-/m0/s1. The second kappa shape index (κ2) is 9.53. The third-order valence-electron chi connectivity index (χ3n) is 3.90. The Morgan fingerprint density at radius 2 is 1.63 bits per heavy atom. The van der Waals surface area contributed by atoms with Gasteiger partial charge in [-0.2, -0.15) is 0 Å². The van der Waals surface area contributed by atoms with Crippen LogP contribution in [0.5, 0.6) is 5.75 Å². The Morgan fingerprint density at radius 1 is 1.00 bits per heavy atom. The second-order valence-corrected chi connectivity index (χ2v) is 7.71. The molecule has 0 saturated heterocycles. The van der Waals surface area contributed by atoms with Crippen LogP contribution >= 0.6 is 0 Å². The summed E-state index contributed by atoms with van der Waals surface area (Å²) in [6, 6.07) is 12.8. The Kier molecular flexibility index (Phi) is 7.38. The van der Waals surface area contributed by atoms with E-state index in [1.165, 1.54) is 12.1 Å². The monoisotopic (exact) mass is 391 g/mol. The van der Waals surface area contributed by atoms with Crippen LogP contribution in [0.3, 0.4) is 0 Å². The van der Waals surface area contributed by atoms with E-state index in [4.69, 9.17) is 9.47 Å². The summed E-state index contributed by atoms with van der Waals surface area (Å²) in [7, 11) is -3.82. The average molecular weight is 391 g/mol. The van der Waals surface area contributed by atoms with Gasteiger partial charge in [0, 0.05) is 0 Å². The molecule has 0 radical (unpaired) electrons. The van der Waals surface area contributed by atoms with E-state index >= 15 is 0 Å². The first-order chi connectivity index (χ1) is 12.9. The highest BCUT2D eigenvalue weighted by Crippen LogP contribution is 2.23. The van der Waals surface area contributed by atoms with E-state index in [0.717, 1.165) is 5.56 Å². The van der Waals surface area contributed by atoms with Gasteiger partial charge < -0.3 is 9.47 Å². The number of carbonyl (C=O) groups is 1. The minimum atomic E-state index is -3.82. The van der Waals surface area contributed by atoms with Crippen molar-refractivity contribution in [2.24, 2.45) is 0 Å². The molecule has 0 saturated carbocycles. The molecule has 7 heteroatoms. The summed E-state index contributed by atoms with van der Waals surface area (Å²) < 4.78 is 38.5. The van der Waals surface area contributed by atoms with E-state index < -0.39 is 22.0 Å². The van der Waals surface area contributed by atoms with Gasteiger partial charge in [0.1, 0.15) is 5.75 Å². The lowest BCUT2D eigenvalue weighted by atomic mass is 10.0. The van der Waals surface area contributed by atoms with Crippen molar-refractivity contribution in [2.45, 2.75) is 38.1 Å². The molecule has 1 N–H and O–H groups in total. The third-order valence-corrected chi connectivity index (χ3v) is 5.39. The van der Waals surface area contributed by atoms with E-state index in [0.29, 0.717) is 17.9 Å². The van der Waals surface area contributed by atoms with Crippen LogP contribution in [-0.4, -0.2) is 27.6 Å². The number of ether oxygens (including phenoxy) is 2. The van der Waals surface area contributed by atoms with Gasteiger partial charge in [-0.1, -0.05) is 29.8 Å². The van der Waals surface area contributed by atoms with Crippen LogP contribution in [-0.2, 0) is 19.6 Å². The Bertz CT molecular complexity index is 845. The van der Waals surface area contributed by atoms with E-state index in [1.807, 2.05) is 26.0 Å². The van der Waals surface area contributed by atoms with Gasteiger partial charge in [-0.3, -0.25) is 4.79 Å². The maximum absolute atomic E-state index is 12.8. The highest BCUT2D eigenvalue weighted by Gasteiger charge is 2.24. The summed E-state index contributed by atoms with van der Waals surface area (Å²) in [4.78, 5) is 12.1. The van der Waals surface area contributed by atoms with Gasteiger partial charge >= 0.3 is 5.97 Å². The normalized spacial score (nSPS) is 12.4. The number of nitrogens with one attached hydrogen (secondary N) is 1. The first-order valence-corrected chi connectivity index (χ1v) is 10.3. The maximum atomic E-state index is 12.8. The van der Waals surface area contributed by atoms with Gasteiger partial charge in [-0.05, 0) is 50.6 Å². The Morgan fingerprint density at radius 3 is 2.19 bits per heavy atom. The Balaban J connectivity index is 2.26. The quantitative estimate of drug-likeness (QED) is 0.663. The molecule has 1 atom stereocenters. The lowest BCUT2D eigenvalue weighted by Crippen LogP contribution is -2.30. The highest BCUT2D eigenvalue weighted by molar-refractivity contribution is 7.89. The first kappa shape index (κ1) is 20.9. The van der Waals surface area contributed by atoms with Crippen molar-refractivity contribution in [1.29, 1.82) is 0 Å². The topological polar surface area (TPSA) is 81.7 Å². The molecule has 0 bridgehead atoms. The number of hydrogen-bond donors (Lipinski definition) is 1. The molecule has 0 aliphatic heterocycles. The minimum Gasteiger partial charge on any atom is -0.494 e. The number of benzene rings is 2. The molecule has 0 amide bonds. The smallest absolute Gasteiger partial charge is 0.307 e. The molecule has 146 valence electrons. The number of esters is 1. The van der Waals surface area contributed by atoms with Gasteiger partial charge in [-0.25, -0.2) is 13.1 Å². The Hall–Kier alpha value is -2.38. The lowest BCUT2D eigenvalue weighted by molar-refractivity contribution is -0.143. The summed E-state index contributed by atoms with van der Waals surface area (Å²) in [6.45, 7) is 6.25. The molecular formula is C20H25NO5S. The van der Waals surface area contributed by atoms with Crippen molar-refractivity contribution in [3.8, 4) is 5.75 Å². The van der Waals surface area contributed by atoms with Gasteiger partial charge in [-0.15, -0.1) is 0 Å². The van der Waals surface area contributed by atoms with Crippen LogP contribution < -0.4 is 9.46 Å². The predicted molar refractivity (Wildman–Crippen MR) is 103 cm³/mol. The lowest BCUT2D eigenvalue weighted by Gasteiger charge is -2.19. The van der Waals surface area contributed by atoms with E-state index in [1.54, 1.807) is 31.2 Å². The van der Waals surface area contributed by atoms with Crippen molar-refractivity contribution >= 4 is 16.0 Å². The largest absolute Gasteiger partial charge is 0.494 e. The fourth-order valence-corrected chi connectivity index (χ4v) is 3.77. The molecule has 0 fully saturated rings. The minimum absolute atomic E-state index is 0.0901. The molecule has 0 aromatic heterocycles. The molecule has 0 aliphatic rings. The van der Waals surface area contributed by atoms with Crippen LogP contribution in [0.2, 0.25) is 0 Å². The van der Waals surface area contributed by atoms with Crippen molar-refractivity contribution < 1.29 is 22.7 Å². The SMILES string of the molecule is CCOC(=O)C[C@H](NS(=O)(=O)c1ccc(OCC)cc1)c1ccc(C)cc1. The zero-order valence-corrected chi connectivity index (χ0v) is 16.6. The molecule has 2 aromatic rings. The number of carbonyl (C=O) groups excluding carboxylic acids is 1. The summed E-state index contributed by atoms with van der Waals surface area (Å²) in [5, 5.41) is 0. The number of rotatable bonds is 9. The molecule has 2 aromatic carbocycles. The number of sulfonamides is 1. The summed E-state index contributed by atoms with van der Waals surface area (Å²) in [6.07, 6.45) is -0.0901. The second-order valence-electron chi connectivity index (χ2n) is 6.00. The third kappa shape index (κ3) is 6.08. The van der Waals surface area contributed by atoms with Gasteiger partial charge in [0.25, 0.3) is 0 Å². The van der Waals surface area contributed by atoms with Crippen LogP contribution in [0.4, 0.5) is 0 Å². The van der Waals surface area contributed by atoms with Crippen molar-refractivity contribution in [3.05, 3.63) is 59.7 Å². The average Bonchev–Trinajstić information content (AvgIpc) is 2.62. The van der Waals surface area contributed by atoms with Crippen LogP contribution in [0.1, 0.15) is 37.4 Å². The van der Waals surface area contributed by atoms with Crippen molar-refractivity contribution in [3.63, 3.8) is 0 Å². The molecule has 0 heterocycles. The summed E-state index contributed by atoms with van der Waals surface area (Å²) in [5.41, 5.74) is 1.74. The van der Waals surface area contributed by atoms with Gasteiger partial charge in [0.2, 0.25) is 10.0 Å². The zero-order chi connectivity index (χ0) is 19.9. The fourth-order valence-electron chi connectivity index (χ4n) is 2.55. The van der Waals surface area contributed by atoms with Crippen molar-refractivity contribution in [2.75, 3.05) is 13.2 Å². The molecule has 0 spiro atoms. The fraction of sp³-hybridized carbons (Fsp3) is 0.350. The highest BCUT2D eigenvalue weighted by atomic mass is 32.2. The van der Waals surface area contributed by atoms with E-state index in [2.05, 4.69) is 4.72 Å². The van der Waals surface area contributed by atoms with E-state index in [9.17, 15) is 13.2 Å². The van der Waals surface area contributed by atoms with Gasteiger partial charge in [0.15, 0.2) is 0 Å². The molecule has 27 heavy (non-hydrogen) atoms. The zero-order valence-electron chi connectivity index (χ0n) is 15.8. The molecular weight excluding hydrogens is 366 g/mol. The first-order valence-electron chi connectivity index (χ1n) is 8.83. The van der Waals surface area contributed by atoms with E-state index in [-0.39, 0.29) is 17.9 Å². The number of hydrogen-bond acceptors (Lipinski definition) is 5. The predicted octanol–water partition coefficient (Wildman–Crippen LogP) is 3.37. The van der Waals surface area contributed by atoms with Crippen LogP contribution in [0.15, 0.2) is 53.4 Å². The summed E-state index contributed by atoms with van der Waals surface area (Å²) >= 11 is 0. The molecule has 0 aliphatic carbocycles. The summed E-state index contributed by atoms with van der Waals surface area (Å²) in [5.74, 6) is 0.135. The Labute approximate surface area is 160 Å². The van der Waals surface area contributed by atoms with Crippen molar-refractivity contribution in [1.82, 2.24) is 4.72 Å². The molecule has 6 nitrogen and oxygen atoms in total. The van der Waals surface area contributed by atoms with Gasteiger partial charge in [0.05, 0.1) is 30.6 Å². The van der Waals surface area contributed by atoms with Crippen LogP contribution in [0, 0.1) is 6.92 Å².